The minimum atomic E-state index is -0.298. The molecule has 0 aliphatic carbocycles. The second-order valence-corrected chi connectivity index (χ2v) is 6.39. The molecule has 3 heterocycles. The molecule has 4 rings (SSSR count). The van der Waals surface area contributed by atoms with E-state index in [1.54, 1.807) is 23.1 Å². The van der Waals surface area contributed by atoms with Gasteiger partial charge in [0.2, 0.25) is 0 Å². The van der Waals surface area contributed by atoms with Crippen molar-refractivity contribution in [2.75, 3.05) is 31.6 Å². The lowest BCUT2D eigenvalue weighted by atomic mass is 10.1. The number of aromatic amines is 1. The molecule has 3 aromatic rings. The fourth-order valence-electron chi connectivity index (χ4n) is 3.02. The van der Waals surface area contributed by atoms with Crippen LogP contribution < -0.4 is 5.32 Å². The first-order valence-corrected chi connectivity index (χ1v) is 8.70. The molecule has 0 bridgehead atoms. The molecule has 0 unspecified atom stereocenters. The lowest BCUT2D eigenvalue weighted by Gasteiger charge is -2.27. The summed E-state index contributed by atoms with van der Waals surface area (Å²) in [5, 5.41) is 2.83. The van der Waals surface area contributed by atoms with Gasteiger partial charge in [-0.3, -0.25) is 9.59 Å². The molecule has 1 aromatic carbocycles. The number of carbonyl (C=O) groups excluding carboxylic acids is 2. The molecule has 0 atom stereocenters. The maximum atomic E-state index is 12.8. The Morgan fingerprint density at radius 3 is 2.81 bits per heavy atom. The Hall–Kier alpha value is -3.26. The number of pyridine rings is 1. The molecule has 1 fully saturated rings. The monoisotopic (exact) mass is 365 g/mol. The molecule has 8 heteroatoms. The summed E-state index contributed by atoms with van der Waals surface area (Å²) >= 11 is 0. The van der Waals surface area contributed by atoms with Gasteiger partial charge in [-0.1, -0.05) is 6.07 Å². The number of hydrogen-bond donors (Lipinski definition) is 2. The summed E-state index contributed by atoms with van der Waals surface area (Å²) in [5.41, 5.74) is 3.66. The van der Waals surface area contributed by atoms with E-state index in [1.165, 1.54) is 12.5 Å². The largest absolute Gasteiger partial charge is 0.378 e. The SMILES string of the molecule is Cc1ccc(NC(=O)c2cnc3nc[nH]c3c2)cc1C(=O)N1CCOCC1. The van der Waals surface area contributed by atoms with Crippen molar-refractivity contribution in [3.05, 3.63) is 53.5 Å². The molecule has 2 amide bonds. The van der Waals surface area contributed by atoms with Crippen LogP contribution in [0.15, 0.2) is 36.8 Å². The molecule has 1 aliphatic rings. The summed E-state index contributed by atoms with van der Waals surface area (Å²) in [6.07, 6.45) is 3.01. The fourth-order valence-corrected chi connectivity index (χ4v) is 3.02. The minimum Gasteiger partial charge on any atom is -0.378 e. The number of anilines is 1. The average Bonchev–Trinajstić information content (AvgIpc) is 3.17. The molecule has 27 heavy (non-hydrogen) atoms. The van der Waals surface area contributed by atoms with Gasteiger partial charge < -0.3 is 19.9 Å². The zero-order valence-corrected chi connectivity index (χ0v) is 14.9. The van der Waals surface area contributed by atoms with Gasteiger partial charge in [0.05, 0.1) is 30.6 Å². The van der Waals surface area contributed by atoms with Crippen molar-refractivity contribution in [3.63, 3.8) is 0 Å². The third-order valence-corrected chi connectivity index (χ3v) is 4.56. The molecule has 0 radical (unpaired) electrons. The van der Waals surface area contributed by atoms with E-state index in [4.69, 9.17) is 4.74 Å². The van der Waals surface area contributed by atoms with Crippen LogP contribution in [0.5, 0.6) is 0 Å². The van der Waals surface area contributed by atoms with Crippen molar-refractivity contribution in [1.29, 1.82) is 0 Å². The number of aromatic nitrogens is 3. The summed E-state index contributed by atoms with van der Waals surface area (Å²) in [7, 11) is 0. The first kappa shape index (κ1) is 17.2. The van der Waals surface area contributed by atoms with Crippen LogP contribution in [-0.4, -0.2) is 58.0 Å². The van der Waals surface area contributed by atoms with Gasteiger partial charge in [-0.05, 0) is 30.7 Å². The Labute approximate surface area is 155 Å². The second-order valence-electron chi connectivity index (χ2n) is 6.39. The van der Waals surface area contributed by atoms with E-state index >= 15 is 0 Å². The van der Waals surface area contributed by atoms with Gasteiger partial charge in [-0.25, -0.2) is 9.97 Å². The summed E-state index contributed by atoms with van der Waals surface area (Å²) in [5.74, 6) is -0.347. The number of nitrogens with zero attached hydrogens (tertiary/aromatic N) is 3. The Kier molecular flexibility index (Phi) is 4.55. The van der Waals surface area contributed by atoms with Gasteiger partial charge in [-0.15, -0.1) is 0 Å². The number of H-pyrrole nitrogens is 1. The number of morpholine rings is 1. The van der Waals surface area contributed by atoms with E-state index in [0.29, 0.717) is 54.3 Å². The van der Waals surface area contributed by atoms with Crippen LogP contribution in [-0.2, 0) is 4.74 Å². The Morgan fingerprint density at radius 2 is 2.00 bits per heavy atom. The van der Waals surface area contributed by atoms with Crippen molar-refractivity contribution in [3.8, 4) is 0 Å². The lowest BCUT2D eigenvalue weighted by molar-refractivity contribution is 0.0302. The first-order valence-electron chi connectivity index (χ1n) is 8.70. The Morgan fingerprint density at radius 1 is 1.19 bits per heavy atom. The molecule has 2 N–H and O–H groups in total. The Balaban J connectivity index is 1.55. The second kappa shape index (κ2) is 7.16. The molecular weight excluding hydrogens is 346 g/mol. The van der Waals surface area contributed by atoms with Crippen molar-refractivity contribution in [2.24, 2.45) is 0 Å². The third kappa shape index (κ3) is 3.52. The van der Waals surface area contributed by atoms with Gasteiger partial charge >= 0.3 is 0 Å². The van der Waals surface area contributed by atoms with E-state index < -0.39 is 0 Å². The number of imidazole rings is 1. The highest BCUT2D eigenvalue weighted by Gasteiger charge is 2.20. The number of carbonyl (C=O) groups is 2. The number of rotatable bonds is 3. The Bertz CT molecular complexity index is 1010. The first-order chi connectivity index (χ1) is 13.1. The predicted molar refractivity (Wildman–Crippen MR) is 99.7 cm³/mol. The molecule has 1 saturated heterocycles. The maximum Gasteiger partial charge on any atom is 0.257 e. The third-order valence-electron chi connectivity index (χ3n) is 4.56. The van der Waals surface area contributed by atoms with Crippen LogP contribution in [0.25, 0.3) is 11.2 Å². The number of benzene rings is 1. The van der Waals surface area contributed by atoms with Crippen LogP contribution in [0.3, 0.4) is 0 Å². The highest BCUT2D eigenvalue weighted by Crippen LogP contribution is 2.19. The van der Waals surface area contributed by atoms with Gasteiger partial charge in [-0.2, -0.15) is 0 Å². The molecule has 1 aliphatic heterocycles. The van der Waals surface area contributed by atoms with Crippen LogP contribution in [0.4, 0.5) is 5.69 Å². The topological polar surface area (TPSA) is 100 Å². The molecule has 2 aromatic heterocycles. The quantitative estimate of drug-likeness (QED) is 0.739. The number of aryl methyl sites for hydroxylation is 1. The number of nitrogens with one attached hydrogen (secondary N) is 2. The summed E-state index contributed by atoms with van der Waals surface area (Å²) in [6, 6.07) is 7.02. The van der Waals surface area contributed by atoms with Gasteiger partial charge in [0, 0.05) is 30.5 Å². The summed E-state index contributed by atoms with van der Waals surface area (Å²) < 4.78 is 5.30. The average molecular weight is 365 g/mol. The summed E-state index contributed by atoms with van der Waals surface area (Å²) in [4.78, 5) is 38.2. The highest BCUT2D eigenvalue weighted by molar-refractivity contribution is 6.06. The van der Waals surface area contributed by atoms with Crippen LogP contribution in [0.1, 0.15) is 26.3 Å². The highest BCUT2D eigenvalue weighted by atomic mass is 16.5. The fraction of sp³-hybridized carbons (Fsp3) is 0.263. The van der Waals surface area contributed by atoms with Gasteiger partial charge in [0.1, 0.15) is 0 Å². The van der Waals surface area contributed by atoms with E-state index in [0.717, 1.165) is 5.56 Å². The summed E-state index contributed by atoms with van der Waals surface area (Å²) in [6.45, 7) is 4.12. The van der Waals surface area contributed by atoms with E-state index in [-0.39, 0.29) is 11.8 Å². The van der Waals surface area contributed by atoms with E-state index in [1.807, 2.05) is 13.0 Å². The van der Waals surface area contributed by atoms with Crippen molar-refractivity contribution in [1.82, 2.24) is 19.9 Å². The van der Waals surface area contributed by atoms with Crippen LogP contribution >= 0.6 is 0 Å². The lowest BCUT2D eigenvalue weighted by Crippen LogP contribution is -2.41. The smallest absolute Gasteiger partial charge is 0.257 e. The molecule has 0 saturated carbocycles. The standard InChI is InChI=1S/C19H19N5O3/c1-12-2-3-14(9-15(12)19(26)24-4-6-27-7-5-24)23-18(25)13-8-16-17(20-10-13)22-11-21-16/h2-3,8-11H,4-7H2,1H3,(H,23,25)(H,20,21,22). The van der Waals surface area contributed by atoms with Crippen LogP contribution in [0.2, 0.25) is 0 Å². The zero-order valence-electron chi connectivity index (χ0n) is 14.9. The molecule has 138 valence electrons. The molecular formula is C19H19N5O3. The maximum absolute atomic E-state index is 12.8. The minimum absolute atomic E-state index is 0.0487. The van der Waals surface area contributed by atoms with Crippen LogP contribution in [0, 0.1) is 6.92 Å². The zero-order chi connectivity index (χ0) is 18.8. The van der Waals surface area contributed by atoms with Crippen molar-refractivity contribution >= 4 is 28.7 Å². The van der Waals surface area contributed by atoms with E-state index in [9.17, 15) is 9.59 Å². The van der Waals surface area contributed by atoms with Crippen molar-refractivity contribution in [2.45, 2.75) is 6.92 Å². The number of ether oxygens (including phenoxy) is 1. The van der Waals surface area contributed by atoms with E-state index in [2.05, 4.69) is 20.3 Å². The molecule has 0 spiro atoms. The number of fused-ring (bicyclic) bond motifs is 1. The molecule has 8 nitrogen and oxygen atoms in total. The predicted octanol–water partition coefficient (Wildman–Crippen LogP) is 1.99. The van der Waals surface area contributed by atoms with Gasteiger partial charge in [0.25, 0.3) is 11.8 Å². The normalized spacial score (nSPS) is 14.3. The van der Waals surface area contributed by atoms with Crippen molar-refractivity contribution < 1.29 is 14.3 Å². The number of amides is 2. The van der Waals surface area contributed by atoms with Gasteiger partial charge in [0.15, 0.2) is 5.65 Å². The number of hydrogen-bond acceptors (Lipinski definition) is 5.